The molecule has 0 saturated carbocycles. The minimum absolute atomic E-state index is 0.0868. The van der Waals surface area contributed by atoms with Crippen molar-refractivity contribution in [2.75, 3.05) is 5.75 Å². The summed E-state index contributed by atoms with van der Waals surface area (Å²) in [4.78, 5) is 19.2. The zero-order chi connectivity index (χ0) is 25.2. The van der Waals surface area contributed by atoms with Crippen molar-refractivity contribution in [2.45, 2.75) is 17.4 Å². The predicted molar refractivity (Wildman–Crippen MR) is 151 cm³/mol. The van der Waals surface area contributed by atoms with Crippen LogP contribution >= 0.6 is 11.8 Å². The first-order valence-electron chi connectivity index (χ1n) is 12.4. The van der Waals surface area contributed by atoms with Crippen LogP contribution in [0.5, 0.6) is 0 Å². The number of aromatic nitrogens is 2. The Bertz CT molecular complexity index is 1490. The first-order chi connectivity index (χ1) is 18.2. The number of hydrogen-bond acceptors (Lipinski definition) is 3. The van der Waals surface area contributed by atoms with Crippen molar-refractivity contribution in [1.29, 1.82) is 0 Å². The average molecular weight is 499 g/mol. The zero-order valence-corrected chi connectivity index (χ0v) is 21.4. The van der Waals surface area contributed by atoms with E-state index in [1.807, 2.05) is 54.9 Å². The Morgan fingerprint density at radius 1 is 0.757 bits per heavy atom. The molecule has 1 aliphatic rings. The van der Waals surface area contributed by atoms with Gasteiger partial charge in [0.05, 0.1) is 12.0 Å². The molecule has 0 saturated heterocycles. The Morgan fingerprint density at radius 3 is 1.84 bits per heavy atom. The van der Waals surface area contributed by atoms with Crippen LogP contribution in [0.1, 0.15) is 38.4 Å². The van der Waals surface area contributed by atoms with Crippen molar-refractivity contribution < 1.29 is 4.79 Å². The molecule has 5 aromatic rings. The van der Waals surface area contributed by atoms with Crippen LogP contribution in [0.25, 0.3) is 6.08 Å². The van der Waals surface area contributed by atoms with E-state index < -0.39 is 5.54 Å². The Hall–Kier alpha value is -4.15. The second-order valence-electron chi connectivity index (χ2n) is 9.18. The van der Waals surface area contributed by atoms with Crippen LogP contribution in [0.4, 0.5) is 0 Å². The molecule has 0 N–H and O–H groups in total. The summed E-state index contributed by atoms with van der Waals surface area (Å²) >= 11 is 1.70. The van der Waals surface area contributed by atoms with Crippen molar-refractivity contribution in [1.82, 2.24) is 9.55 Å². The fourth-order valence-corrected chi connectivity index (χ4v) is 6.32. The molecule has 3 nitrogen and oxygen atoms in total. The molecule has 0 amide bonds. The van der Waals surface area contributed by atoms with E-state index in [-0.39, 0.29) is 5.78 Å². The summed E-state index contributed by atoms with van der Waals surface area (Å²) in [5, 5.41) is 0. The Labute approximate surface area is 221 Å². The summed E-state index contributed by atoms with van der Waals surface area (Å²) in [6.45, 7) is 2.09. The van der Waals surface area contributed by atoms with E-state index in [4.69, 9.17) is 4.98 Å². The van der Waals surface area contributed by atoms with Gasteiger partial charge in [-0.1, -0.05) is 103 Å². The molecule has 0 aliphatic carbocycles. The van der Waals surface area contributed by atoms with E-state index in [0.717, 1.165) is 44.1 Å². The van der Waals surface area contributed by atoms with E-state index >= 15 is 0 Å². The number of Topliss-reactive ketones (excluding diaryl/α,β-unsaturated/α-hetero) is 1. The molecule has 0 spiro atoms. The number of rotatable bonds is 5. The van der Waals surface area contributed by atoms with E-state index in [0.29, 0.717) is 5.75 Å². The van der Waals surface area contributed by atoms with Gasteiger partial charge in [-0.3, -0.25) is 4.79 Å². The summed E-state index contributed by atoms with van der Waals surface area (Å²) in [5.41, 5.74) is 6.17. The molecule has 4 aromatic carbocycles. The number of hydrogen-bond donors (Lipinski definition) is 0. The largest absolute Gasteiger partial charge is 0.316 e. The second-order valence-corrected chi connectivity index (χ2v) is 10.2. The van der Waals surface area contributed by atoms with E-state index in [9.17, 15) is 4.79 Å². The molecule has 0 radical (unpaired) electrons. The number of thioether (sulfide) groups is 1. The van der Waals surface area contributed by atoms with Crippen LogP contribution in [-0.2, 0) is 5.54 Å². The topological polar surface area (TPSA) is 34.9 Å². The number of carbonyl (C=O) groups is 1. The zero-order valence-electron chi connectivity index (χ0n) is 20.5. The quantitative estimate of drug-likeness (QED) is 0.187. The van der Waals surface area contributed by atoms with Gasteiger partial charge in [0.2, 0.25) is 0 Å². The van der Waals surface area contributed by atoms with Gasteiger partial charge in [0.1, 0.15) is 5.54 Å². The fraction of sp³-hybridized carbons (Fsp3) is 0.0909. The molecule has 0 atom stereocenters. The number of carbonyl (C=O) groups excluding carboxylic acids is 1. The first kappa shape index (κ1) is 23.3. The van der Waals surface area contributed by atoms with Gasteiger partial charge in [-0.15, -0.1) is 11.8 Å². The van der Waals surface area contributed by atoms with Gasteiger partial charge in [0.15, 0.2) is 5.78 Å². The van der Waals surface area contributed by atoms with E-state index in [2.05, 4.69) is 84.3 Å². The first-order valence-corrected chi connectivity index (χ1v) is 13.4. The summed E-state index contributed by atoms with van der Waals surface area (Å²) in [6, 6.07) is 39.5. The van der Waals surface area contributed by atoms with Gasteiger partial charge in [-0.25, -0.2) is 4.98 Å². The molecule has 4 heteroatoms. The minimum atomic E-state index is -0.629. The van der Waals surface area contributed by atoms with Crippen LogP contribution < -0.4 is 0 Å². The lowest BCUT2D eigenvalue weighted by Crippen LogP contribution is -2.38. The molecule has 37 heavy (non-hydrogen) atoms. The van der Waals surface area contributed by atoms with Gasteiger partial charge in [-0.2, -0.15) is 0 Å². The lowest BCUT2D eigenvalue weighted by atomic mass is 9.76. The maximum atomic E-state index is 13.3. The van der Waals surface area contributed by atoms with Crippen LogP contribution in [0.3, 0.4) is 0 Å². The molecule has 0 unspecified atom stereocenters. The Morgan fingerprint density at radius 2 is 1.27 bits per heavy atom. The van der Waals surface area contributed by atoms with Crippen molar-refractivity contribution in [2.24, 2.45) is 0 Å². The molecular formula is C33H26N2OS. The van der Waals surface area contributed by atoms with Gasteiger partial charge < -0.3 is 4.57 Å². The molecule has 180 valence electrons. The number of benzene rings is 4. The lowest BCUT2D eigenvalue weighted by Gasteiger charge is -2.38. The maximum absolute atomic E-state index is 13.3. The van der Waals surface area contributed by atoms with Crippen molar-refractivity contribution >= 4 is 23.6 Å². The molecule has 0 bridgehead atoms. The Kier molecular flexibility index (Phi) is 6.11. The normalized spacial score (nSPS) is 14.5. The molecule has 6 rings (SSSR count). The molecule has 0 fully saturated rings. The summed E-state index contributed by atoms with van der Waals surface area (Å²) in [7, 11) is 0. The third-order valence-corrected chi connectivity index (χ3v) is 8.22. The van der Waals surface area contributed by atoms with Gasteiger partial charge >= 0.3 is 0 Å². The number of nitrogens with zero attached hydrogens (tertiary/aromatic N) is 2. The van der Waals surface area contributed by atoms with Crippen LogP contribution in [-0.4, -0.2) is 21.1 Å². The van der Waals surface area contributed by atoms with Gasteiger partial charge in [0.25, 0.3) is 0 Å². The number of fused-ring (bicyclic) bond motifs is 1. The average Bonchev–Trinajstić information content (AvgIpc) is 3.32. The van der Waals surface area contributed by atoms with Crippen LogP contribution in [0, 0.1) is 6.92 Å². The van der Waals surface area contributed by atoms with Crippen LogP contribution in [0.15, 0.2) is 132 Å². The monoisotopic (exact) mass is 498 g/mol. The lowest BCUT2D eigenvalue weighted by molar-refractivity contribution is 0.103. The molecule has 2 heterocycles. The smallest absolute Gasteiger partial charge is 0.191 e. The van der Waals surface area contributed by atoms with Gasteiger partial charge in [-0.05, 0) is 41.8 Å². The summed E-state index contributed by atoms with van der Waals surface area (Å²) < 4.78 is 2.26. The SMILES string of the molecule is Cc1c(C=C2CSc3ccccc3C2=O)ncn1C(c1ccccc1)(c1ccccc1)c1ccccc1. The van der Waals surface area contributed by atoms with Crippen molar-refractivity contribution in [3.63, 3.8) is 0 Å². The highest BCUT2D eigenvalue weighted by atomic mass is 32.2. The van der Waals surface area contributed by atoms with Gasteiger partial charge in [0, 0.05) is 27.5 Å². The Balaban J connectivity index is 1.56. The highest BCUT2D eigenvalue weighted by molar-refractivity contribution is 7.99. The molecule has 1 aromatic heterocycles. The van der Waals surface area contributed by atoms with Crippen molar-refractivity contribution in [3.05, 3.63) is 161 Å². The minimum Gasteiger partial charge on any atom is -0.316 e. The third kappa shape index (κ3) is 3.94. The van der Waals surface area contributed by atoms with E-state index in [1.165, 1.54) is 0 Å². The van der Waals surface area contributed by atoms with E-state index in [1.54, 1.807) is 11.8 Å². The fourth-order valence-electron chi connectivity index (χ4n) is 5.30. The highest BCUT2D eigenvalue weighted by Gasteiger charge is 2.39. The van der Waals surface area contributed by atoms with Crippen molar-refractivity contribution in [3.8, 4) is 0 Å². The maximum Gasteiger partial charge on any atom is 0.191 e. The highest BCUT2D eigenvalue weighted by Crippen LogP contribution is 2.42. The number of ketones is 1. The second kappa shape index (κ2) is 9.72. The number of imidazole rings is 1. The molecular weight excluding hydrogens is 472 g/mol. The summed E-state index contributed by atoms with van der Waals surface area (Å²) in [6.07, 6.45) is 3.89. The molecule has 1 aliphatic heterocycles. The summed E-state index contributed by atoms with van der Waals surface area (Å²) in [5.74, 6) is 0.729. The predicted octanol–water partition coefficient (Wildman–Crippen LogP) is 7.40. The standard InChI is InChI=1S/C33H26N2OS/c1-24-30(21-25-22-37-31-20-12-11-19-29(31)32(25)36)34-23-35(24)33(26-13-5-2-6-14-26,27-15-7-3-8-16-27)28-17-9-4-10-18-28/h2-21,23H,22H2,1H3. The van der Waals surface area contributed by atoms with Crippen LogP contribution in [0.2, 0.25) is 0 Å². The third-order valence-electron chi connectivity index (χ3n) is 7.10.